The molecule has 68 valence electrons. The van der Waals surface area contributed by atoms with Crippen LogP contribution in [0, 0.1) is 0 Å². The van der Waals surface area contributed by atoms with Crippen LogP contribution in [0.5, 0.6) is 0 Å². The molecule has 1 atom stereocenters. The van der Waals surface area contributed by atoms with Gasteiger partial charge >= 0.3 is 0 Å². The lowest BCUT2D eigenvalue weighted by Gasteiger charge is -2.19. The number of benzene rings is 1. The minimum absolute atomic E-state index is 0.212. The van der Waals surface area contributed by atoms with Crippen molar-refractivity contribution < 1.29 is 4.79 Å². The summed E-state index contributed by atoms with van der Waals surface area (Å²) in [5.41, 5.74) is 0.788. The van der Waals surface area contributed by atoms with E-state index in [9.17, 15) is 4.79 Å². The van der Waals surface area contributed by atoms with E-state index in [1.165, 1.54) is 0 Å². The molecule has 3 heteroatoms. The molecule has 0 amide bonds. The van der Waals surface area contributed by atoms with Crippen LogP contribution in [-0.2, 0) is 0 Å². The molecule has 1 aliphatic heterocycles. The van der Waals surface area contributed by atoms with Gasteiger partial charge < -0.3 is 0 Å². The predicted octanol–water partition coefficient (Wildman–Crippen LogP) is 3.41. The average molecular weight is 213 g/mol. The highest BCUT2D eigenvalue weighted by Crippen LogP contribution is 2.35. The molecule has 0 radical (unpaired) electrons. The number of carbonyl (C=O) groups excluding carboxylic acids is 1. The molecule has 0 aliphatic carbocycles. The molecule has 13 heavy (non-hydrogen) atoms. The average Bonchev–Trinajstić information content (AvgIpc) is 2.06. The highest BCUT2D eigenvalue weighted by Gasteiger charge is 2.22. The van der Waals surface area contributed by atoms with Crippen molar-refractivity contribution in [3.63, 3.8) is 0 Å². The molecule has 0 unspecified atom stereocenters. The molecule has 1 aromatic carbocycles. The van der Waals surface area contributed by atoms with Crippen LogP contribution in [0.3, 0.4) is 0 Å². The SMILES string of the molecule is C[C@H]1CC(=O)c2cc(Cl)ccc2S1. The first kappa shape index (κ1) is 9.10. The first-order valence-electron chi connectivity index (χ1n) is 4.16. The number of thioether (sulfide) groups is 1. The van der Waals surface area contributed by atoms with E-state index in [1.807, 2.05) is 12.1 Å². The quantitative estimate of drug-likeness (QED) is 0.656. The molecule has 2 rings (SSSR count). The number of ketones is 1. The number of fused-ring (bicyclic) bond motifs is 1. The van der Waals surface area contributed by atoms with Gasteiger partial charge in [0.25, 0.3) is 0 Å². The second-order valence-electron chi connectivity index (χ2n) is 3.20. The standard InChI is InChI=1S/C10H9ClOS/c1-6-4-9(12)8-5-7(11)2-3-10(8)13-6/h2-3,5-6H,4H2,1H3/t6-/m0/s1. The van der Waals surface area contributed by atoms with Crippen molar-refractivity contribution in [1.29, 1.82) is 0 Å². The fraction of sp³-hybridized carbons (Fsp3) is 0.300. The van der Waals surface area contributed by atoms with E-state index in [4.69, 9.17) is 11.6 Å². The second-order valence-corrected chi connectivity index (χ2v) is 5.11. The van der Waals surface area contributed by atoms with Gasteiger partial charge in [0.05, 0.1) is 0 Å². The van der Waals surface area contributed by atoms with E-state index >= 15 is 0 Å². The van der Waals surface area contributed by atoms with Gasteiger partial charge in [-0.1, -0.05) is 18.5 Å². The molecule has 1 aliphatic rings. The fourth-order valence-electron chi connectivity index (χ4n) is 1.45. The van der Waals surface area contributed by atoms with Crippen molar-refractivity contribution in [3.8, 4) is 0 Å². The van der Waals surface area contributed by atoms with Crippen LogP contribution in [0.1, 0.15) is 23.7 Å². The van der Waals surface area contributed by atoms with E-state index in [-0.39, 0.29) is 5.78 Å². The molecule has 0 saturated heterocycles. The summed E-state index contributed by atoms with van der Waals surface area (Å²) >= 11 is 7.56. The maximum absolute atomic E-state index is 11.6. The maximum atomic E-state index is 11.6. The third-order valence-corrected chi connectivity index (χ3v) is 3.46. The molecule has 1 nitrogen and oxygen atoms in total. The van der Waals surface area contributed by atoms with Gasteiger partial charge in [0, 0.05) is 27.2 Å². The van der Waals surface area contributed by atoms with Gasteiger partial charge in [-0.15, -0.1) is 11.8 Å². The van der Waals surface area contributed by atoms with Crippen molar-refractivity contribution in [1.82, 2.24) is 0 Å². The summed E-state index contributed by atoms with van der Waals surface area (Å²) < 4.78 is 0. The number of hydrogen-bond donors (Lipinski definition) is 0. The molecule has 0 aromatic heterocycles. The molecule has 0 bridgehead atoms. The van der Waals surface area contributed by atoms with Crippen molar-refractivity contribution in [3.05, 3.63) is 28.8 Å². The Kier molecular flexibility index (Phi) is 2.35. The van der Waals surface area contributed by atoms with Crippen molar-refractivity contribution in [2.75, 3.05) is 0 Å². The summed E-state index contributed by atoms with van der Waals surface area (Å²) in [6.07, 6.45) is 0.623. The summed E-state index contributed by atoms with van der Waals surface area (Å²) in [6, 6.07) is 5.52. The normalized spacial score (nSPS) is 21.4. The van der Waals surface area contributed by atoms with Crippen LogP contribution in [0.4, 0.5) is 0 Å². The highest BCUT2D eigenvalue weighted by molar-refractivity contribution is 8.00. The molecule has 0 fully saturated rings. The van der Waals surface area contributed by atoms with Crippen LogP contribution in [0.2, 0.25) is 5.02 Å². The Morgan fingerprint density at radius 2 is 2.31 bits per heavy atom. The van der Waals surface area contributed by atoms with E-state index in [0.29, 0.717) is 16.7 Å². The zero-order chi connectivity index (χ0) is 9.42. The zero-order valence-corrected chi connectivity index (χ0v) is 8.78. The van der Waals surface area contributed by atoms with Gasteiger partial charge in [0.15, 0.2) is 5.78 Å². The van der Waals surface area contributed by atoms with Gasteiger partial charge in [0.1, 0.15) is 0 Å². The molecular weight excluding hydrogens is 204 g/mol. The van der Waals surface area contributed by atoms with Gasteiger partial charge in [-0.3, -0.25) is 4.79 Å². The van der Waals surface area contributed by atoms with Crippen molar-refractivity contribution >= 4 is 29.1 Å². The molecule has 1 heterocycles. The third kappa shape index (κ3) is 1.74. The number of halogens is 1. The molecule has 0 saturated carbocycles. The lowest BCUT2D eigenvalue weighted by molar-refractivity contribution is 0.0978. The van der Waals surface area contributed by atoms with Crippen LogP contribution < -0.4 is 0 Å². The number of hydrogen-bond acceptors (Lipinski definition) is 2. The maximum Gasteiger partial charge on any atom is 0.165 e. The Bertz CT molecular complexity index is 362. The van der Waals surface area contributed by atoms with Crippen LogP contribution in [0.15, 0.2) is 23.1 Å². The molecule has 1 aromatic rings. The number of Topliss-reactive ketones (excluding diaryl/α,β-unsaturated/α-hetero) is 1. The summed E-state index contributed by atoms with van der Waals surface area (Å²) in [7, 11) is 0. The number of carbonyl (C=O) groups is 1. The smallest absolute Gasteiger partial charge is 0.165 e. The second kappa shape index (κ2) is 3.35. The Morgan fingerprint density at radius 1 is 1.54 bits per heavy atom. The van der Waals surface area contributed by atoms with E-state index in [2.05, 4.69) is 6.92 Å². The minimum atomic E-state index is 0.212. The summed E-state index contributed by atoms with van der Waals surface area (Å²) in [5, 5.41) is 1.03. The number of rotatable bonds is 0. The Morgan fingerprint density at radius 3 is 3.08 bits per heavy atom. The lowest BCUT2D eigenvalue weighted by Crippen LogP contribution is -2.14. The van der Waals surface area contributed by atoms with Gasteiger partial charge in [-0.25, -0.2) is 0 Å². The largest absolute Gasteiger partial charge is 0.294 e. The van der Waals surface area contributed by atoms with Crippen LogP contribution >= 0.6 is 23.4 Å². The summed E-state index contributed by atoms with van der Waals surface area (Å²) in [5.74, 6) is 0.212. The van der Waals surface area contributed by atoms with Crippen molar-refractivity contribution in [2.45, 2.75) is 23.5 Å². The predicted molar refractivity (Wildman–Crippen MR) is 55.7 cm³/mol. The fourth-order valence-corrected chi connectivity index (χ4v) is 2.74. The van der Waals surface area contributed by atoms with Gasteiger partial charge in [-0.2, -0.15) is 0 Å². The summed E-state index contributed by atoms with van der Waals surface area (Å²) in [6.45, 7) is 2.07. The minimum Gasteiger partial charge on any atom is -0.294 e. The highest BCUT2D eigenvalue weighted by atomic mass is 35.5. The first-order chi connectivity index (χ1) is 6.16. The van der Waals surface area contributed by atoms with Crippen LogP contribution in [0.25, 0.3) is 0 Å². The molecule has 0 N–H and O–H groups in total. The third-order valence-electron chi connectivity index (χ3n) is 2.04. The van der Waals surface area contributed by atoms with E-state index < -0.39 is 0 Å². The zero-order valence-electron chi connectivity index (χ0n) is 7.21. The monoisotopic (exact) mass is 212 g/mol. The Hall–Kier alpha value is -0.470. The van der Waals surface area contributed by atoms with E-state index in [1.54, 1.807) is 17.8 Å². The lowest BCUT2D eigenvalue weighted by atomic mass is 10.1. The van der Waals surface area contributed by atoms with Gasteiger partial charge in [-0.05, 0) is 18.2 Å². The Labute approximate surface area is 86.5 Å². The Balaban J connectivity index is 2.49. The van der Waals surface area contributed by atoms with Gasteiger partial charge in [0.2, 0.25) is 0 Å². The van der Waals surface area contributed by atoms with Crippen molar-refractivity contribution in [2.24, 2.45) is 0 Å². The topological polar surface area (TPSA) is 17.1 Å². The molecular formula is C10H9ClOS. The molecule has 0 spiro atoms. The first-order valence-corrected chi connectivity index (χ1v) is 5.42. The van der Waals surface area contributed by atoms with Crippen LogP contribution in [-0.4, -0.2) is 11.0 Å². The van der Waals surface area contributed by atoms with E-state index in [0.717, 1.165) is 10.5 Å². The summed E-state index contributed by atoms with van der Waals surface area (Å²) in [4.78, 5) is 12.6.